The van der Waals surface area contributed by atoms with Crippen molar-refractivity contribution in [2.75, 3.05) is 7.11 Å². The van der Waals surface area contributed by atoms with E-state index in [1.54, 1.807) is 18.2 Å². The first-order valence-electron chi connectivity index (χ1n) is 9.97. The second-order valence-corrected chi connectivity index (χ2v) is 10.4. The van der Waals surface area contributed by atoms with Crippen LogP contribution in [0.25, 0.3) is 0 Å². The Bertz CT molecular complexity index is 1270. The zero-order valence-corrected chi connectivity index (χ0v) is 18.9. The number of carbonyl (C=O) groups is 1. The van der Waals surface area contributed by atoms with E-state index >= 15 is 0 Å². The van der Waals surface area contributed by atoms with E-state index in [9.17, 15) is 22.7 Å². The van der Waals surface area contributed by atoms with E-state index in [1.165, 1.54) is 36.3 Å². The zero-order chi connectivity index (χ0) is 23.4. The van der Waals surface area contributed by atoms with Gasteiger partial charge < -0.3 is 14.7 Å². The van der Waals surface area contributed by atoms with Crippen LogP contribution in [-0.2, 0) is 21.4 Å². The summed E-state index contributed by atoms with van der Waals surface area (Å²) in [6.45, 7) is 5.71. The lowest BCUT2D eigenvalue weighted by Gasteiger charge is -2.35. The minimum atomic E-state index is -4.11. The van der Waals surface area contributed by atoms with Crippen LogP contribution >= 0.6 is 0 Å². The van der Waals surface area contributed by atoms with E-state index < -0.39 is 33.2 Å². The maximum absolute atomic E-state index is 13.5. The van der Waals surface area contributed by atoms with Crippen molar-refractivity contribution in [1.82, 2.24) is 4.90 Å². The van der Waals surface area contributed by atoms with Crippen molar-refractivity contribution in [2.24, 2.45) is 9.81 Å². The van der Waals surface area contributed by atoms with E-state index in [-0.39, 0.29) is 39.8 Å². The Morgan fingerprint density at radius 1 is 1.16 bits per heavy atom. The predicted octanol–water partition coefficient (Wildman–Crippen LogP) is 3.59. The largest absolute Gasteiger partial charge is 0.509 e. The smallest absolute Gasteiger partial charge is 0.287 e. The average Bonchev–Trinajstić information content (AvgIpc) is 3.13. The second-order valence-electron chi connectivity index (χ2n) is 8.84. The molecule has 0 spiro atoms. The first-order chi connectivity index (χ1) is 15.0. The van der Waals surface area contributed by atoms with Gasteiger partial charge in [0.25, 0.3) is 15.9 Å². The summed E-state index contributed by atoms with van der Waals surface area (Å²) in [6.07, 6.45) is 0. The lowest BCUT2D eigenvalue weighted by Crippen LogP contribution is -2.43. The molecule has 0 aromatic heterocycles. The van der Waals surface area contributed by atoms with Crippen molar-refractivity contribution in [1.29, 1.82) is 0 Å². The molecule has 4 rings (SSSR count). The molecule has 9 heteroatoms. The van der Waals surface area contributed by atoms with Gasteiger partial charge in [0.2, 0.25) is 0 Å². The van der Waals surface area contributed by atoms with Crippen molar-refractivity contribution in [2.45, 2.75) is 38.3 Å². The summed E-state index contributed by atoms with van der Waals surface area (Å²) in [7, 11) is -2.76. The molecule has 1 N–H and O–H groups in total. The van der Waals surface area contributed by atoms with Crippen molar-refractivity contribution in [3.8, 4) is 5.75 Å². The molecule has 0 saturated heterocycles. The van der Waals surface area contributed by atoms with Crippen LogP contribution in [-0.4, -0.2) is 43.2 Å². The maximum Gasteiger partial charge on any atom is 0.287 e. The summed E-state index contributed by atoms with van der Waals surface area (Å²) in [5.74, 6) is -1.07. The number of sulfonamides is 1. The number of methoxy groups -OCH3 is 1. The fourth-order valence-corrected chi connectivity index (χ4v) is 5.60. The third-order valence-corrected chi connectivity index (χ3v) is 6.91. The summed E-state index contributed by atoms with van der Waals surface area (Å²) < 4.78 is 47.9. The number of hydrogen-bond acceptors (Lipinski definition) is 5. The van der Waals surface area contributed by atoms with Crippen LogP contribution in [0.4, 0.5) is 4.39 Å². The number of aliphatic hydroxyl groups is 1. The number of carbonyl (C=O) groups excluding carboxylic acids is 1. The molecule has 0 radical (unpaired) electrons. The van der Waals surface area contributed by atoms with E-state index in [4.69, 9.17) is 4.74 Å². The van der Waals surface area contributed by atoms with Gasteiger partial charge in [0.05, 0.1) is 13.2 Å². The van der Waals surface area contributed by atoms with Gasteiger partial charge in [0.15, 0.2) is 0 Å². The molecule has 0 fully saturated rings. The summed E-state index contributed by atoms with van der Waals surface area (Å²) in [6, 6.07) is 9.63. The monoisotopic (exact) mass is 458 g/mol. The number of aliphatic hydroxyl groups excluding tert-OH is 1. The summed E-state index contributed by atoms with van der Waals surface area (Å²) in [5, 5.41) is 11.2. The van der Waals surface area contributed by atoms with E-state index in [0.29, 0.717) is 5.56 Å². The Balaban J connectivity index is 1.84. The quantitative estimate of drug-likeness (QED) is 0.755. The maximum atomic E-state index is 13.5. The molecule has 2 aromatic rings. The molecule has 0 saturated carbocycles. The van der Waals surface area contributed by atoms with Gasteiger partial charge in [-0.2, -0.15) is 12.8 Å². The van der Waals surface area contributed by atoms with Gasteiger partial charge in [-0.15, -0.1) is 0 Å². The lowest BCUT2D eigenvalue weighted by molar-refractivity contribution is -0.129. The second kappa shape index (κ2) is 7.44. The van der Waals surface area contributed by atoms with Crippen LogP contribution in [0.1, 0.15) is 31.9 Å². The van der Waals surface area contributed by atoms with E-state index in [0.717, 1.165) is 0 Å². The van der Waals surface area contributed by atoms with Gasteiger partial charge in [0.1, 0.15) is 33.5 Å². The number of ether oxygens (including phenoxy) is 1. The average molecular weight is 459 g/mol. The third-order valence-electron chi connectivity index (χ3n) is 5.55. The molecular weight excluding hydrogens is 435 g/mol. The molecule has 2 aliphatic heterocycles. The number of rotatable bonds is 4. The Hall–Kier alpha value is -3.20. The first-order valence-corrected chi connectivity index (χ1v) is 11.4. The Morgan fingerprint density at radius 3 is 2.41 bits per heavy atom. The molecule has 2 heterocycles. The number of amides is 1. The number of hydrogen-bond donors (Lipinski definition) is 1. The summed E-state index contributed by atoms with van der Waals surface area (Å²) in [4.78, 5) is 14.9. The first kappa shape index (κ1) is 22.0. The fourth-order valence-electron chi connectivity index (χ4n) is 4.23. The highest BCUT2D eigenvalue weighted by atomic mass is 32.2. The fraction of sp³-hybridized carbons (Fsp3) is 0.304. The van der Waals surface area contributed by atoms with Gasteiger partial charge in [0, 0.05) is 12.1 Å². The molecule has 0 bridgehead atoms. The van der Waals surface area contributed by atoms with Crippen LogP contribution in [0.15, 0.2) is 63.1 Å². The Kier molecular flexibility index (Phi) is 5.12. The van der Waals surface area contributed by atoms with Crippen molar-refractivity contribution < 1.29 is 27.4 Å². The molecular formula is C23H23FN2O5S. The van der Waals surface area contributed by atoms with Gasteiger partial charge >= 0.3 is 0 Å². The van der Waals surface area contributed by atoms with Crippen LogP contribution in [0.5, 0.6) is 5.75 Å². The Morgan fingerprint density at radius 2 is 1.81 bits per heavy atom. The molecule has 1 amide bonds. The van der Waals surface area contributed by atoms with Crippen LogP contribution < -0.4 is 4.74 Å². The highest BCUT2D eigenvalue weighted by molar-refractivity contribution is 7.91. The topological polar surface area (TPSA) is 96.3 Å². The van der Waals surface area contributed by atoms with Gasteiger partial charge in [-0.1, -0.05) is 45.0 Å². The van der Waals surface area contributed by atoms with Gasteiger partial charge in [-0.25, -0.2) is 4.39 Å². The normalized spacial score (nSPS) is 19.9. The highest BCUT2D eigenvalue weighted by Crippen LogP contribution is 2.42. The molecule has 168 valence electrons. The minimum Gasteiger partial charge on any atom is -0.509 e. The number of halogens is 1. The molecule has 7 nitrogen and oxygen atoms in total. The van der Waals surface area contributed by atoms with E-state index in [2.05, 4.69) is 4.40 Å². The standard InChI is InChI=1S/C23H23FN2O5S/c1-23(2,3)21-19(27)17(22(28)26(21)12-13-8-10-14(24)11-9-13)18-15-6-5-7-16(31-4)20(15)32(29,30)25-18/h5-11,21,27H,12H2,1-4H3/t21-/m1/s1. The van der Waals surface area contributed by atoms with Crippen molar-refractivity contribution in [3.05, 3.63) is 70.7 Å². The van der Waals surface area contributed by atoms with Crippen molar-refractivity contribution >= 4 is 21.6 Å². The number of nitrogens with zero attached hydrogens (tertiary/aromatic N) is 2. The van der Waals surface area contributed by atoms with Gasteiger partial charge in [-0.3, -0.25) is 4.79 Å². The van der Waals surface area contributed by atoms with E-state index in [1.807, 2.05) is 20.8 Å². The molecule has 2 aromatic carbocycles. The van der Waals surface area contributed by atoms with Crippen LogP contribution in [0.3, 0.4) is 0 Å². The predicted molar refractivity (Wildman–Crippen MR) is 117 cm³/mol. The third kappa shape index (κ3) is 3.46. The number of fused-ring (bicyclic) bond motifs is 1. The molecule has 32 heavy (non-hydrogen) atoms. The van der Waals surface area contributed by atoms with Crippen LogP contribution in [0.2, 0.25) is 0 Å². The molecule has 2 aliphatic rings. The SMILES string of the molecule is COc1cccc2c1S(=O)(=O)N=C2C1=C(O)[C@H](C(C)(C)C)N(Cc2ccc(F)cc2)C1=O. The summed E-state index contributed by atoms with van der Waals surface area (Å²) in [5.41, 5.74) is 0.0538. The molecule has 0 aliphatic carbocycles. The lowest BCUT2D eigenvalue weighted by atomic mass is 9.84. The molecule has 1 atom stereocenters. The van der Waals surface area contributed by atoms with Gasteiger partial charge in [-0.05, 0) is 29.2 Å². The Labute approximate surface area is 185 Å². The van der Waals surface area contributed by atoms with Crippen molar-refractivity contribution in [3.63, 3.8) is 0 Å². The van der Waals surface area contributed by atoms with Crippen LogP contribution in [0, 0.1) is 11.2 Å². The summed E-state index contributed by atoms with van der Waals surface area (Å²) >= 11 is 0. The molecule has 0 unspecified atom stereocenters. The minimum absolute atomic E-state index is 0.0998. The number of benzene rings is 2. The highest BCUT2D eigenvalue weighted by Gasteiger charge is 2.49. The zero-order valence-electron chi connectivity index (χ0n) is 18.1.